The van der Waals surface area contributed by atoms with E-state index in [1.54, 1.807) is 12.3 Å². The van der Waals surface area contributed by atoms with Crippen molar-refractivity contribution in [2.75, 3.05) is 39.3 Å². The van der Waals surface area contributed by atoms with Crippen LogP contribution in [0.3, 0.4) is 0 Å². The number of carbonyl (C=O) groups excluding carboxylic acids is 1. The number of pyridine rings is 1. The lowest BCUT2D eigenvalue weighted by molar-refractivity contribution is 0.0296. The molecule has 2 aliphatic heterocycles. The molecule has 2 aromatic heterocycles. The molecule has 26 heavy (non-hydrogen) atoms. The van der Waals surface area contributed by atoms with Gasteiger partial charge in [-0.3, -0.25) is 14.9 Å². The first-order chi connectivity index (χ1) is 12.8. The van der Waals surface area contributed by atoms with E-state index >= 15 is 0 Å². The summed E-state index contributed by atoms with van der Waals surface area (Å²) in [5, 5.41) is 7.13. The number of hydrogen-bond acceptors (Lipinski definition) is 5. The van der Waals surface area contributed by atoms with Crippen molar-refractivity contribution in [1.82, 2.24) is 25.0 Å². The molecule has 2 aromatic rings. The maximum absolute atomic E-state index is 12.9. The zero-order valence-corrected chi connectivity index (χ0v) is 14.9. The predicted molar refractivity (Wildman–Crippen MR) is 97.8 cm³/mol. The van der Waals surface area contributed by atoms with E-state index in [0.717, 1.165) is 31.7 Å². The highest BCUT2D eigenvalue weighted by Crippen LogP contribution is 2.17. The van der Waals surface area contributed by atoms with Crippen molar-refractivity contribution in [3.63, 3.8) is 0 Å². The van der Waals surface area contributed by atoms with Gasteiger partial charge in [0.1, 0.15) is 11.4 Å². The number of nitrogens with zero attached hydrogens (tertiary/aromatic N) is 4. The Hall–Kier alpha value is -2.25. The monoisotopic (exact) mass is 355 g/mol. The van der Waals surface area contributed by atoms with Crippen LogP contribution >= 0.6 is 0 Å². The fourth-order valence-electron chi connectivity index (χ4n) is 3.69. The lowest BCUT2D eigenvalue weighted by Gasteiger charge is -2.26. The van der Waals surface area contributed by atoms with Gasteiger partial charge in [0.15, 0.2) is 0 Å². The Morgan fingerprint density at radius 3 is 2.88 bits per heavy atom. The summed E-state index contributed by atoms with van der Waals surface area (Å²) in [6.45, 7) is 5.25. The minimum atomic E-state index is -0.0170. The molecular weight excluding hydrogens is 330 g/mol. The number of ether oxygens (including phenoxy) is 1. The van der Waals surface area contributed by atoms with Crippen molar-refractivity contribution in [3.05, 3.63) is 36.2 Å². The van der Waals surface area contributed by atoms with Crippen molar-refractivity contribution in [1.29, 1.82) is 0 Å². The van der Waals surface area contributed by atoms with Crippen LogP contribution in [0.25, 0.3) is 11.4 Å². The number of nitrogens with one attached hydrogen (secondary N) is 1. The smallest absolute Gasteiger partial charge is 0.271 e. The lowest BCUT2D eigenvalue weighted by atomic mass is 10.2. The number of aromatic amines is 1. The van der Waals surface area contributed by atoms with E-state index in [9.17, 15) is 4.79 Å². The summed E-state index contributed by atoms with van der Waals surface area (Å²) >= 11 is 0. The van der Waals surface area contributed by atoms with Crippen LogP contribution in [0, 0.1) is 0 Å². The molecule has 2 fully saturated rings. The molecule has 0 aliphatic carbocycles. The number of hydrogen-bond donors (Lipinski definition) is 1. The summed E-state index contributed by atoms with van der Waals surface area (Å²) in [7, 11) is 0. The van der Waals surface area contributed by atoms with Crippen LogP contribution in [0.15, 0.2) is 30.5 Å². The first-order valence-electron chi connectivity index (χ1n) is 9.39. The molecule has 4 rings (SSSR count). The molecule has 2 saturated heterocycles. The van der Waals surface area contributed by atoms with Gasteiger partial charge in [0.2, 0.25) is 0 Å². The van der Waals surface area contributed by atoms with Gasteiger partial charge in [0.25, 0.3) is 5.91 Å². The Kier molecular flexibility index (Phi) is 5.26. The molecule has 138 valence electrons. The fraction of sp³-hybridized carbons (Fsp3) is 0.526. The average molecular weight is 355 g/mol. The second-order valence-electron chi connectivity index (χ2n) is 6.99. The molecule has 1 N–H and O–H groups in total. The standard InChI is InChI=1S/C19H25N5O2/c25-19(18-12-17(21-22-18)16-6-1-2-7-20-16)24-10-5-11-26-15(14-24)13-23-8-3-4-9-23/h1-2,6-7,12,15H,3-5,8-11,13-14H2,(H,21,22). The third-order valence-electron chi connectivity index (χ3n) is 5.03. The van der Waals surface area contributed by atoms with E-state index in [1.165, 1.54) is 12.8 Å². The molecule has 1 amide bonds. The Balaban J connectivity index is 1.43. The van der Waals surface area contributed by atoms with Gasteiger partial charge in [-0.05, 0) is 50.6 Å². The minimum absolute atomic E-state index is 0.0170. The van der Waals surface area contributed by atoms with Crippen molar-refractivity contribution in [2.24, 2.45) is 0 Å². The maximum atomic E-state index is 12.9. The van der Waals surface area contributed by atoms with E-state index in [2.05, 4.69) is 20.1 Å². The van der Waals surface area contributed by atoms with Crippen LogP contribution in [0.5, 0.6) is 0 Å². The highest BCUT2D eigenvalue weighted by Gasteiger charge is 2.27. The molecule has 0 spiro atoms. The molecule has 1 atom stereocenters. The molecule has 0 aromatic carbocycles. The number of aromatic nitrogens is 3. The molecule has 7 heteroatoms. The molecule has 1 unspecified atom stereocenters. The summed E-state index contributed by atoms with van der Waals surface area (Å²) in [6.07, 6.45) is 5.20. The molecule has 4 heterocycles. The largest absolute Gasteiger partial charge is 0.375 e. The van der Waals surface area contributed by atoms with Gasteiger partial charge in [-0.2, -0.15) is 5.10 Å². The van der Waals surface area contributed by atoms with Crippen molar-refractivity contribution < 1.29 is 9.53 Å². The summed E-state index contributed by atoms with van der Waals surface area (Å²) < 4.78 is 5.98. The predicted octanol–water partition coefficient (Wildman–Crippen LogP) is 1.80. The topological polar surface area (TPSA) is 74.3 Å². The average Bonchev–Trinajstić information content (AvgIpc) is 3.31. The van der Waals surface area contributed by atoms with Gasteiger partial charge in [0.05, 0.1) is 11.8 Å². The fourth-order valence-corrected chi connectivity index (χ4v) is 3.69. The number of likely N-dealkylation sites (tertiary alicyclic amines) is 1. The van der Waals surface area contributed by atoms with Crippen molar-refractivity contribution in [2.45, 2.75) is 25.4 Å². The molecule has 7 nitrogen and oxygen atoms in total. The Morgan fingerprint density at radius 1 is 1.19 bits per heavy atom. The normalized spacial score (nSPS) is 21.7. The molecular formula is C19H25N5O2. The Labute approximate surface area is 153 Å². The van der Waals surface area contributed by atoms with Gasteiger partial charge in [-0.1, -0.05) is 6.07 Å². The molecule has 0 bridgehead atoms. The highest BCUT2D eigenvalue weighted by atomic mass is 16.5. The van der Waals surface area contributed by atoms with E-state index in [1.807, 2.05) is 23.1 Å². The lowest BCUT2D eigenvalue weighted by Crippen LogP contribution is -2.42. The van der Waals surface area contributed by atoms with Crippen molar-refractivity contribution >= 4 is 5.91 Å². The number of rotatable bonds is 4. The van der Waals surface area contributed by atoms with Gasteiger partial charge in [-0.15, -0.1) is 0 Å². The molecule has 0 radical (unpaired) electrons. The minimum Gasteiger partial charge on any atom is -0.375 e. The highest BCUT2D eigenvalue weighted by molar-refractivity contribution is 5.93. The summed E-state index contributed by atoms with van der Waals surface area (Å²) in [5.74, 6) is -0.0170. The van der Waals surface area contributed by atoms with E-state index in [4.69, 9.17) is 4.74 Å². The molecule has 2 aliphatic rings. The van der Waals surface area contributed by atoms with Gasteiger partial charge >= 0.3 is 0 Å². The van der Waals surface area contributed by atoms with Gasteiger partial charge in [0, 0.05) is 32.4 Å². The summed E-state index contributed by atoms with van der Waals surface area (Å²) in [5.41, 5.74) is 1.95. The zero-order valence-electron chi connectivity index (χ0n) is 14.9. The van der Waals surface area contributed by atoms with E-state index in [0.29, 0.717) is 31.1 Å². The second-order valence-corrected chi connectivity index (χ2v) is 6.99. The van der Waals surface area contributed by atoms with Crippen LogP contribution in [-0.2, 0) is 4.74 Å². The van der Waals surface area contributed by atoms with Crippen LogP contribution in [0.2, 0.25) is 0 Å². The third-order valence-corrected chi connectivity index (χ3v) is 5.03. The second kappa shape index (κ2) is 7.97. The van der Waals surface area contributed by atoms with Crippen molar-refractivity contribution in [3.8, 4) is 11.4 Å². The van der Waals surface area contributed by atoms with Gasteiger partial charge < -0.3 is 14.5 Å². The van der Waals surface area contributed by atoms with Crippen LogP contribution in [-0.4, -0.2) is 76.3 Å². The molecule has 0 saturated carbocycles. The van der Waals surface area contributed by atoms with E-state index in [-0.39, 0.29) is 12.0 Å². The first kappa shape index (κ1) is 17.2. The first-order valence-corrected chi connectivity index (χ1v) is 9.39. The summed E-state index contributed by atoms with van der Waals surface area (Å²) in [4.78, 5) is 21.6. The number of carbonyl (C=O) groups is 1. The third kappa shape index (κ3) is 3.94. The number of amides is 1. The van der Waals surface area contributed by atoms with Crippen LogP contribution in [0.4, 0.5) is 0 Å². The van der Waals surface area contributed by atoms with Gasteiger partial charge in [-0.25, -0.2) is 0 Å². The zero-order chi connectivity index (χ0) is 17.8. The Morgan fingerprint density at radius 2 is 2.08 bits per heavy atom. The van der Waals surface area contributed by atoms with Crippen LogP contribution in [0.1, 0.15) is 29.8 Å². The maximum Gasteiger partial charge on any atom is 0.271 e. The van der Waals surface area contributed by atoms with Crippen LogP contribution < -0.4 is 0 Å². The van der Waals surface area contributed by atoms with E-state index < -0.39 is 0 Å². The SMILES string of the molecule is O=C(c1cc(-c2ccccn2)n[nH]1)N1CCCOC(CN2CCCC2)C1. The number of H-pyrrole nitrogens is 1. The Bertz CT molecular complexity index is 727. The quantitative estimate of drug-likeness (QED) is 0.905. The summed E-state index contributed by atoms with van der Waals surface area (Å²) in [6, 6.07) is 7.44.